The summed E-state index contributed by atoms with van der Waals surface area (Å²) in [5, 5.41) is 19.5. The van der Waals surface area contributed by atoms with E-state index in [1.165, 1.54) is 0 Å². The SMILES string of the molecule is CN1CCC(Nc2cc(-c3cccs3)nn2CCO)CC1. The van der Waals surface area contributed by atoms with Crippen LogP contribution in [-0.2, 0) is 6.54 Å². The van der Waals surface area contributed by atoms with Crippen LogP contribution in [0.2, 0.25) is 0 Å². The number of aromatic nitrogens is 2. The summed E-state index contributed by atoms with van der Waals surface area (Å²) >= 11 is 1.69. The zero-order valence-electron chi connectivity index (χ0n) is 12.3. The second-order valence-corrected chi connectivity index (χ2v) is 6.51. The fourth-order valence-corrected chi connectivity index (χ4v) is 3.39. The maximum atomic E-state index is 9.23. The number of likely N-dealkylation sites (tertiary alicyclic amines) is 1. The largest absolute Gasteiger partial charge is 0.394 e. The van der Waals surface area contributed by atoms with Gasteiger partial charge in [-0.25, -0.2) is 4.68 Å². The number of hydrogen-bond acceptors (Lipinski definition) is 5. The predicted octanol–water partition coefficient (Wildman–Crippen LogP) is 2.11. The minimum absolute atomic E-state index is 0.105. The lowest BCUT2D eigenvalue weighted by atomic mass is 10.1. The number of piperidine rings is 1. The van der Waals surface area contributed by atoms with Crippen molar-refractivity contribution in [3.63, 3.8) is 0 Å². The normalized spacial score (nSPS) is 17.2. The van der Waals surface area contributed by atoms with Crippen LogP contribution in [0, 0.1) is 0 Å². The molecule has 3 rings (SSSR count). The van der Waals surface area contributed by atoms with Gasteiger partial charge in [0, 0.05) is 12.1 Å². The maximum absolute atomic E-state index is 9.23. The Labute approximate surface area is 129 Å². The highest BCUT2D eigenvalue weighted by molar-refractivity contribution is 7.13. The topological polar surface area (TPSA) is 53.3 Å². The van der Waals surface area contributed by atoms with E-state index in [0.717, 1.165) is 42.3 Å². The van der Waals surface area contributed by atoms with Gasteiger partial charge in [0.15, 0.2) is 0 Å². The lowest BCUT2D eigenvalue weighted by molar-refractivity contribution is 0.260. The third kappa shape index (κ3) is 3.45. The molecule has 0 saturated carbocycles. The third-order valence-corrected chi connectivity index (χ3v) is 4.83. The van der Waals surface area contributed by atoms with Gasteiger partial charge in [-0.05, 0) is 44.4 Å². The molecule has 0 radical (unpaired) electrons. The minimum atomic E-state index is 0.105. The van der Waals surface area contributed by atoms with Crippen molar-refractivity contribution in [1.82, 2.24) is 14.7 Å². The highest BCUT2D eigenvalue weighted by atomic mass is 32.1. The summed E-state index contributed by atoms with van der Waals surface area (Å²) in [6, 6.07) is 6.71. The molecule has 1 aliphatic heterocycles. The fraction of sp³-hybridized carbons (Fsp3) is 0.533. The average Bonchev–Trinajstić information content (AvgIpc) is 3.12. The smallest absolute Gasteiger partial charge is 0.125 e. The highest BCUT2D eigenvalue weighted by Crippen LogP contribution is 2.27. The number of nitrogens with one attached hydrogen (secondary N) is 1. The van der Waals surface area contributed by atoms with E-state index in [0.29, 0.717) is 12.6 Å². The Morgan fingerprint density at radius 3 is 2.90 bits per heavy atom. The van der Waals surface area contributed by atoms with Crippen molar-refractivity contribution in [2.45, 2.75) is 25.4 Å². The summed E-state index contributed by atoms with van der Waals surface area (Å²) in [5.74, 6) is 1.02. The molecule has 114 valence electrons. The fourth-order valence-electron chi connectivity index (χ4n) is 2.70. The molecule has 0 spiro atoms. The molecule has 1 aliphatic rings. The van der Waals surface area contributed by atoms with E-state index >= 15 is 0 Å². The molecule has 2 N–H and O–H groups in total. The van der Waals surface area contributed by atoms with Gasteiger partial charge in [-0.15, -0.1) is 11.3 Å². The maximum Gasteiger partial charge on any atom is 0.125 e. The van der Waals surface area contributed by atoms with Crippen molar-refractivity contribution in [3.05, 3.63) is 23.6 Å². The molecule has 1 fully saturated rings. The number of rotatable bonds is 5. The first-order valence-corrected chi connectivity index (χ1v) is 8.32. The second kappa shape index (κ2) is 6.60. The Kier molecular flexibility index (Phi) is 4.57. The molecular formula is C15H22N4OS. The molecular weight excluding hydrogens is 284 g/mol. The second-order valence-electron chi connectivity index (χ2n) is 5.56. The van der Waals surface area contributed by atoms with Crippen LogP contribution in [0.25, 0.3) is 10.6 Å². The summed E-state index contributed by atoms with van der Waals surface area (Å²) in [7, 11) is 2.17. The van der Waals surface area contributed by atoms with E-state index < -0.39 is 0 Å². The quantitative estimate of drug-likeness (QED) is 0.888. The molecule has 3 heterocycles. The molecule has 2 aromatic heterocycles. The lowest BCUT2D eigenvalue weighted by Gasteiger charge is -2.30. The minimum Gasteiger partial charge on any atom is -0.394 e. The van der Waals surface area contributed by atoms with Crippen LogP contribution in [-0.4, -0.2) is 52.6 Å². The van der Waals surface area contributed by atoms with Crippen LogP contribution in [0.5, 0.6) is 0 Å². The monoisotopic (exact) mass is 306 g/mol. The van der Waals surface area contributed by atoms with E-state index in [4.69, 9.17) is 0 Å². The van der Waals surface area contributed by atoms with E-state index in [1.807, 2.05) is 10.7 Å². The molecule has 6 heteroatoms. The van der Waals surface area contributed by atoms with Crippen molar-refractivity contribution in [2.75, 3.05) is 32.1 Å². The number of thiophene rings is 1. The Bertz CT molecular complexity index is 558. The van der Waals surface area contributed by atoms with Crippen molar-refractivity contribution in [2.24, 2.45) is 0 Å². The summed E-state index contributed by atoms with van der Waals surface area (Å²) in [5.41, 5.74) is 0.980. The van der Waals surface area contributed by atoms with Crippen LogP contribution in [0.3, 0.4) is 0 Å². The zero-order valence-corrected chi connectivity index (χ0v) is 13.1. The molecule has 21 heavy (non-hydrogen) atoms. The Morgan fingerprint density at radius 1 is 1.43 bits per heavy atom. The van der Waals surface area contributed by atoms with Gasteiger partial charge in [0.05, 0.1) is 18.0 Å². The summed E-state index contributed by atoms with van der Waals surface area (Å²) in [6.07, 6.45) is 2.30. The standard InChI is InChI=1S/C15H22N4OS/c1-18-6-4-12(5-7-18)16-15-11-13(14-3-2-10-21-14)17-19(15)8-9-20/h2-3,10-12,16,20H,4-9H2,1H3. The first-order valence-electron chi connectivity index (χ1n) is 7.44. The van der Waals surface area contributed by atoms with Crippen LogP contribution in [0.15, 0.2) is 23.6 Å². The molecule has 0 atom stereocenters. The number of anilines is 1. The number of aliphatic hydroxyl groups excluding tert-OH is 1. The van der Waals surface area contributed by atoms with Crippen molar-refractivity contribution in [1.29, 1.82) is 0 Å². The van der Waals surface area contributed by atoms with E-state index in [1.54, 1.807) is 11.3 Å². The Balaban J connectivity index is 1.76. The summed E-state index contributed by atoms with van der Waals surface area (Å²) < 4.78 is 1.88. The van der Waals surface area contributed by atoms with Gasteiger partial charge >= 0.3 is 0 Å². The van der Waals surface area contributed by atoms with Gasteiger partial charge in [0.1, 0.15) is 11.5 Å². The van der Waals surface area contributed by atoms with Gasteiger partial charge in [0.2, 0.25) is 0 Å². The zero-order chi connectivity index (χ0) is 14.7. The Morgan fingerprint density at radius 2 is 2.24 bits per heavy atom. The molecule has 0 bridgehead atoms. The van der Waals surface area contributed by atoms with Gasteiger partial charge < -0.3 is 15.3 Å². The highest BCUT2D eigenvalue weighted by Gasteiger charge is 2.19. The van der Waals surface area contributed by atoms with Crippen LogP contribution in [0.4, 0.5) is 5.82 Å². The van der Waals surface area contributed by atoms with Crippen molar-refractivity contribution >= 4 is 17.2 Å². The molecule has 1 saturated heterocycles. The number of nitrogens with zero attached hydrogens (tertiary/aromatic N) is 3. The van der Waals surface area contributed by atoms with Crippen LogP contribution >= 0.6 is 11.3 Å². The van der Waals surface area contributed by atoms with Gasteiger partial charge in [0.25, 0.3) is 0 Å². The van der Waals surface area contributed by atoms with Crippen molar-refractivity contribution < 1.29 is 5.11 Å². The van der Waals surface area contributed by atoms with Crippen molar-refractivity contribution in [3.8, 4) is 10.6 Å². The average molecular weight is 306 g/mol. The number of hydrogen-bond donors (Lipinski definition) is 2. The predicted molar refractivity (Wildman–Crippen MR) is 86.8 cm³/mol. The molecule has 0 unspecified atom stereocenters. The van der Waals surface area contributed by atoms with E-state index in [-0.39, 0.29) is 6.61 Å². The third-order valence-electron chi connectivity index (χ3n) is 3.94. The molecule has 5 nitrogen and oxygen atoms in total. The molecule has 0 aliphatic carbocycles. The van der Waals surface area contributed by atoms with Gasteiger partial charge in [-0.2, -0.15) is 5.10 Å². The first kappa shape index (κ1) is 14.6. The molecule has 0 amide bonds. The van der Waals surface area contributed by atoms with Crippen LogP contribution < -0.4 is 5.32 Å². The summed E-state index contributed by atoms with van der Waals surface area (Å²) in [6.45, 7) is 2.89. The summed E-state index contributed by atoms with van der Waals surface area (Å²) in [4.78, 5) is 3.53. The number of aliphatic hydroxyl groups is 1. The molecule has 2 aromatic rings. The first-order chi connectivity index (χ1) is 10.3. The molecule has 0 aromatic carbocycles. The van der Waals surface area contributed by atoms with Gasteiger partial charge in [-0.1, -0.05) is 6.07 Å². The Hall–Kier alpha value is -1.37. The lowest BCUT2D eigenvalue weighted by Crippen LogP contribution is -2.37. The van der Waals surface area contributed by atoms with E-state index in [9.17, 15) is 5.11 Å². The van der Waals surface area contributed by atoms with Gasteiger partial charge in [-0.3, -0.25) is 0 Å². The van der Waals surface area contributed by atoms with Crippen LogP contribution in [0.1, 0.15) is 12.8 Å². The van der Waals surface area contributed by atoms with E-state index in [2.05, 4.69) is 39.9 Å².